The molecule has 1 aromatic heterocycles. The Bertz CT molecular complexity index is 738. The molecule has 0 saturated carbocycles. The van der Waals surface area contributed by atoms with Gasteiger partial charge in [-0.2, -0.15) is 5.10 Å². The van der Waals surface area contributed by atoms with Crippen LogP contribution >= 0.6 is 0 Å². The van der Waals surface area contributed by atoms with Crippen molar-refractivity contribution in [3.8, 4) is 5.75 Å². The van der Waals surface area contributed by atoms with Crippen molar-refractivity contribution in [2.45, 2.75) is 33.4 Å². The van der Waals surface area contributed by atoms with Gasteiger partial charge >= 0.3 is 0 Å². The largest absolute Gasteiger partial charge is 0.497 e. The van der Waals surface area contributed by atoms with Crippen molar-refractivity contribution in [3.63, 3.8) is 0 Å². The van der Waals surface area contributed by atoms with E-state index in [9.17, 15) is 9.59 Å². The summed E-state index contributed by atoms with van der Waals surface area (Å²) in [5.41, 5.74) is 1.11. The smallest absolute Gasteiger partial charge is 0.274 e. The van der Waals surface area contributed by atoms with E-state index >= 15 is 0 Å². The van der Waals surface area contributed by atoms with Gasteiger partial charge in [0.2, 0.25) is 0 Å². The Hall–Kier alpha value is -2.63. The van der Waals surface area contributed by atoms with Crippen molar-refractivity contribution in [1.82, 2.24) is 14.7 Å². The first kappa shape index (κ1) is 17.7. The maximum absolute atomic E-state index is 12.7. The molecule has 2 aromatic rings. The van der Waals surface area contributed by atoms with Gasteiger partial charge in [-0.25, -0.2) is 4.68 Å². The van der Waals surface area contributed by atoms with Gasteiger partial charge in [-0.1, -0.05) is 19.1 Å². The van der Waals surface area contributed by atoms with Crippen LogP contribution < -0.4 is 10.3 Å². The summed E-state index contributed by atoms with van der Waals surface area (Å²) >= 11 is 0. The predicted molar refractivity (Wildman–Crippen MR) is 92.2 cm³/mol. The van der Waals surface area contributed by atoms with Gasteiger partial charge in [0.25, 0.3) is 11.5 Å². The zero-order chi connectivity index (χ0) is 17.5. The Labute approximate surface area is 141 Å². The van der Waals surface area contributed by atoms with E-state index in [0.717, 1.165) is 17.7 Å². The summed E-state index contributed by atoms with van der Waals surface area (Å²) in [6.07, 6.45) is 0.786. The highest BCUT2D eigenvalue weighted by Gasteiger charge is 2.17. The fourth-order valence-electron chi connectivity index (χ4n) is 2.38. The second-order valence-electron chi connectivity index (χ2n) is 5.45. The third-order valence-corrected chi connectivity index (χ3v) is 3.72. The molecule has 6 nitrogen and oxygen atoms in total. The van der Waals surface area contributed by atoms with Crippen LogP contribution in [0.5, 0.6) is 5.75 Å². The molecule has 1 aromatic carbocycles. The lowest BCUT2D eigenvalue weighted by Crippen LogP contribution is -2.33. The third kappa shape index (κ3) is 4.22. The predicted octanol–water partition coefficient (Wildman–Crippen LogP) is 2.32. The minimum atomic E-state index is -0.188. The third-order valence-electron chi connectivity index (χ3n) is 3.72. The lowest BCUT2D eigenvalue weighted by Gasteiger charge is -2.21. The second kappa shape index (κ2) is 8.29. The zero-order valence-electron chi connectivity index (χ0n) is 14.4. The highest BCUT2D eigenvalue weighted by molar-refractivity contribution is 5.92. The fourth-order valence-corrected chi connectivity index (χ4v) is 2.38. The molecule has 0 aliphatic carbocycles. The summed E-state index contributed by atoms with van der Waals surface area (Å²) in [6.45, 7) is 5.42. The summed E-state index contributed by atoms with van der Waals surface area (Å²) in [6, 6.07) is 10.5. The monoisotopic (exact) mass is 329 g/mol. The number of hydrogen-bond acceptors (Lipinski definition) is 4. The number of methoxy groups -OCH3 is 1. The van der Waals surface area contributed by atoms with Crippen molar-refractivity contribution in [2.75, 3.05) is 13.7 Å². The topological polar surface area (TPSA) is 64.4 Å². The van der Waals surface area contributed by atoms with Gasteiger partial charge < -0.3 is 9.64 Å². The van der Waals surface area contributed by atoms with Gasteiger partial charge in [-0.3, -0.25) is 9.59 Å². The van der Waals surface area contributed by atoms with Gasteiger partial charge in [0.15, 0.2) is 0 Å². The van der Waals surface area contributed by atoms with E-state index in [-0.39, 0.29) is 11.5 Å². The molecule has 6 heteroatoms. The standard InChI is InChI=1S/C18H23N3O3/c1-4-12-21-17(22)11-10-16(19-21)18(23)20(5-2)13-14-6-8-15(24-3)9-7-14/h6-11H,4-5,12-13H2,1-3H3. The second-order valence-corrected chi connectivity index (χ2v) is 5.45. The molecule has 0 spiro atoms. The van der Waals surface area contributed by atoms with Crippen LogP contribution in [0.1, 0.15) is 36.3 Å². The lowest BCUT2D eigenvalue weighted by molar-refractivity contribution is 0.0743. The van der Waals surface area contributed by atoms with E-state index in [1.165, 1.54) is 16.8 Å². The van der Waals surface area contributed by atoms with Crippen LogP contribution in [0.2, 0.25) is 0 Å². The van der Waals surface area contributed by atoms with Crippen molar-refractivity contribution in [1.29, 1.82) is 0 Å². The first-order valence-corrected chi connectivity index (χ1v) is 8.09. The molecule has 128 valence electrons. The molecule has 0 atom stereocenters. The van der Waals surface area contributed by atoms with Crippen LogP contribution in [0.25, 0.3) is 0 Å². The highest BCUT2D eigenvalue weighted by Crippen LogP contribution is 2.14. The van der Waals surface area contributed by atoms with Gasteiger partial charge in [0, 0.05) is 25.7 Å². The average molecular weight is 329 g/mol. The highest BCUT2D eigenvalue weighted by atomic mass is 16.5. The van der Waals surface area contributed by atoms with Gasteiger partial charge in [0.05, 0.1) is 7.11 Å². The minimum Gasteiger partial charge on any atom is -0.497 e. The molecule has 0 N–H and O–H groups in total. The Morgan fingerprint density at radius 2 is 1.88 bits per heavy atom. The van der Waals surface area contributed by atoms with E-state index in [1.807, 2.05) is 38.1 Å². The van der Waals surface area contributed by atoms with Crippen LogP contribution in [-0.4, -0.2) is 34.2 Å². The molecule has 24 heavy (non-hydrogen) atoms. The zero-order valence-corrected chi connectivity index (χ0v) is 14.4. The number of nitrogens with zero attached hydrogens (tertiary/aromatic N) is 3. The number of benzene rings is 1. The minimum absolute atomic E-state index is 0.182. The summed E-state index contributed by atoms with van der Waals surface area (Å²) in [5, 5.41) is 4.19. The SMILES string of the molecule is CCCn1nc(C(=O)N(CC)Cc2ccc(OC)cc2)ccc1=O. The fraction of sp³-hybridized carbons (Fsp3) is 0.389. The van der Waals surface area contributed by atoms with E-state index in [0.29, 0.717) is 25.3 Å². The van der Waals surface area contributed by atoms with Crippen molar-refractivity contribution in [3.05, 3.63) is 58.0 Å². The van der Waals surface area contributed by atoms with E-state index in [4.69, 9.17) is 4.74 Å². The Kier molecular flexibility index (Phi) is 6.12. The van der Waals surface area contributed by atoms with Gasteiger partial charge in [0.1, 0.15) is 11.4 Å². The molecule has 0 saturated heterocycles. The molecule has 0 bridgehead atoms. The Morgan fingerprint density at radius 1 is 1.17 bits per heavy atom. The van der Waals surface area contributed by atoms with Crippen molar-refractivity contribution >= 4 is 5.91 Å². The van der Waals surface area contributed by atoms with E-state index in [2.05, 4.69) is 5.10 Å². The summed E-state index contributed by atoms with van der Waals surface area (Å²) < 4.78 is 6.48. The summed E-state index contributed by atoms with van der Waals surface area (Å²) in [4.78, 5) is 26.1. The van der Waals surface area contributed by atoms with Crippen molar-refractivity contribution in [2.24, 2.45) is 0 Å². The maximum atomic E-state index is 12.7. The Balaban J connectivity index is 2.18. The molecule has 0 aliphatic heterocycles. The van der Waals surface area contributed by atoms with Crippen molar-refractivity contribution < 1.29 is 9.53 Å². The average Bonchev–Trinajstić information content (AvgIpc) is 2.61. The quantitative estimate of drug-likeness (QED) is 0.782. The Morgan fingerprint density at radius 3 is 2.46 bits per heavy atom. The number of ether oxygens (including phenoxy) is 1. The molecule has 2 rings (SSSR count). The number of rotatable bonds is 7. The van der Waals surface area contributed by atoms with Crippen LogP contribution in [0.3, 0.4) is 0 Å². The number of carbonyl (C=O) groups excluding carboxylic acids is 1. The van der Waals surface area contributed by atoms with Gasteiger partial charge in [-0.15, -0.1) is 0 Å². The number of amides is 1. The lowest BCUT2D eigenvalue weighted by atomic mass is 10.2. The van der Waals surface area contributed by atoms with E-state index in [1.54, 1.807) is 12.0 Å². The molecule has 1 heterocycles. The van der Waals surface area contributed by atoms with Crippen LogP contribution in [0.15, 0.2) is 41.2 Å². The molecular formula is C18H23N3O3. The van der Waals surface area contributed by atoms with Crippen LogP contribution in [-0.2, 0) is 13.1 Å². The van der Waals surface area contributed by atoms with Crippen LogP contribution in [0, 0.1) is 0 Å². The molecule has 1 amide bonds. The van der Waals surface area contributed by atoms with E-state index < -0.39 is 0 Å². The molecule has 0 aliphatic rings. The summed E-state index contributed by atoms with van der Waals surface area (Å²) in [7, 11) is 1.62. The first-order valence-electron chi connectivity index (χ1n) is 8.09. The number of aryl methyl sites for hydroxylation is 1. The number of hydrogen-bond donors (Lipinski definition) is 0. The normalized spacial score (nSPS) is 10.5. The molecule has 0 unspecified atom stereocenters. The first-order chi connectivity index (χ1) is 11.6. The van der Waals surface area contributed by atoms with Crippen LogP contribution in [0.4, 0.5) is 0 Å². The summed E-state index contributed by atoms with van der Waals surface area (Å²) in [5.74, 6) is 0.597. The molecule has 0 fully saturated rings. The maximum Gasteiger partial charge on any atom is 0.274 e. The molecule has 0 radical (unpaired) electrons. The number of aromatic nitrogens is 2. The van der Waals surface area contributed by atoms with Gasteiger partial charge in [-0.05, 0) is 37.1 Å². The number of carbonyl (C=O) groups is 1. The molecular weight excluding hydrogens is 306 g/mol.